The van der Waals surface area contributed by atoms with Crippen LogP contribution in [-0.2, 0) is 4.74 Å². The molecule has 1 fully saturated rings. The Morgan fingerprint density at radius 2 is 2.14 bits per heavy atom. The Kier molecular flexibility index (Phi) is 2.89. The summed E-state index contributed by atoms with van der Waals surface area (Å²) in [5.41, 5.74) is 6.88. The van der Waals surface area contributed by atoms with E-state index in [4.69, 9.17) is 22.1 Å². The summed E-state index contributed by atoms with van der Waals surface area (Å²) < 4.78 is 5.30. The lowest BCUT2D eigenvalue weighted by atomic mass is 9.92. The lowest BCUT2D eigenvalue weighted by Gasteiger charge is -2.23. The predicted molar refractivity (Wildman–Crippen MR) is 56.5 cm³/mol. The van der Waals surface area contributed by atoms with Gasteiger partial charge in [-0.25, -0.2) is 4.98 Å². The Morgan fingerprint density at radius 3 is 2.86 bits per heavy atom. The van der Waals surface area contributed by atoms with Crippen LogP contribution in [0.1, 0.15) is 24.3 Å². The van der Waals surface area contributed by atoms with Gasteiger partial charge in [-0.1, -0.05) is 11.6 Å². The summed E-state index contributed by atoms with van der Waals surface area (Å²) in [5, 5.41) is 0.653. The molecule has 2 rings (SSSR count). The minimum Gasteiger partial charge on any atom is -0.383 e. The van der Waals surface area contributed by atoms with Crippen molar-refractivity contribution in [2.45, 2.75) is 18.8 Å². The van der Waals surface area contributed by atoms with Crippen LogP contribution < -0.4 is 5.73 Å². The Balaban J connectivity index is 2.24. The lowest BCUT2D eigenvalue weighted by Crippen LogP contribution is -2.15. The van der Waals surface area contributed by atoms with Crippen molar-refractivity contribution >= 4 is 17.4 Å². The third-order valence-electron chi connectivity index (χ3n) is 2.58. The monoisotopic (exact) mass is 212 g/mol. The van der Waals surface area contributed by atoms with E-state index in [2.05, 4.69) is 4.98 Å². The predicted octanol–water partition coefficient (Wildman–Crippen LogP) is 2.21. The summed E-state index contributed by atoms with van der Waals surface area (Å²) in [7, 11) is 0. The molecule has 1 aliphatic heterocycles. The van der Waals surface area contributed by atoms with Crippen molar-refractivity contribution in [3.63, 3.8) is 0 Å². The second-order valence-electron chi connectivity index (χ2n) is 3.51. The summed E-state index contributed by atoms with van der Waals surface area (Å²) in [5.74, 6) is 1.05. The molecule has 0 radical (unpaired) electrons. The first-order valence-corrected chi connectivity index (χ1v) is 5.14. The number of rotatable bonds is 1. The molecule has 1 aromatic heterocycles. The first kappa shape index (κ1) is 9.74. The van der Waals surface area contributed by atoms with Crippen LogP contribution in [0.2, 0.25) is 5.02 Å². The smallest absolute Gasteiger partial charge is 0.126 e. The number of nitrogen functional groups attached to an aromatic ring is 1. The number of pyridine rings is 1. The van der Waals surface area contributed by atoms with E-state index in [0.29, 0.717) is 16.8 Å². The Hall–Kier alpha value is -0.800. The maximum absolute atomic E-state index is 5.89. The van der Waals surface area contributed by atoms with Crippen LogP contribution in [0.4, 0.5) is 5.82 Å². The quantitative estimate of drug-likeness (QED) is 0.777. The molecule has 76 valence electrons. The van der Waals surface area contributed by atoms with E-state index in [1.54, 1.807) is 6.20 Å². The maximum Gasteiger partial charge on any atom is 0.126 e. The zero-order valence-corrected chi connectivity index (χ0v) is 8.63. The first-order valence-electron chi connectivity index (χ1n) is 4.76. The van der Waals surface area contributed by atoms with Crippen molar-refractivity contribution in [1.82, 2.24) is 4.98 Å². The zero-order chi connectivity index (χ0) is 9.97. The number of hydrogen-bond donors (Lipinski definition) is 1. The molecule has 0 spiro atoms. The summed E-state index contributed by atoms with van der Waals surface area (Å²) in [4.78, 5) is 4.06. The van der Waals surface area contributed by atoms with Gasteiger partial charge >= 0.3 is 0 Å². The van der Waals surface area contributed by atoms with Crippen LogP contribution >= 0.6 is 11.6 Å². The highest BCUT2D eigenvalue weighted by atomic mass is 35.5. The number of halogens is 1. The Morgan fingerprint density at radius 1 is 1.43 bits per heavy atom. The van der Waals surface area contributed by atoms with Gasteiger partial charge in [-0.15, -0.1) is 0 Å². The van der Waals surface area contributed by atoms with Gasteiger partial charge in [0.05, 0.1) is 5.02 Å². The van der Waals surface area contributed by atoms with E-state index in [1.165, 1.54) is 0 Å². The molecular weight excluding hydrogens is 200 g/mol. The van der Waals surface area contributed by atoms with Gasteiger partial charge in [-0.2, -0.15) is 0 Å². The van der Waals surface area contributed by atoms with E-state index < -0.39 is 0 Å². The second kappa shape index (κ2) is 4.15. The van der Waals surface area contributed by atoms with Crippen LogP contribution in [0.25, 0.3) is 0 Å². The first-order chi connectivity index (χ1) is 6.77. The molecule has 0 saturated carbocycles. The van der Waals surface area contributed by atoms with Gasteiger partial charge in [0.15, 0.2) is 0 Å². The van der Waals surface area contributed by atoms with Crippen molar-refractivity contribution in [1.29, 1.82) is 0 Å². The maximum atomic E-state index is 5.89. The molecule has 1 aromatic rings. The normalized spacial score (nSPS) is 18.4. The van der Waals surface area contributed by atoms with Crippen LogP contribution in [0.15, 0.2) is 12.3 Å². The van der Waals surface area contributed by atoms with Crippen LogP contribution in [-0.4, -0.2) is 18.2 Å². The molecule has 2 N–H and O–H groups in total. The molecule has 1 saturated heterocycles. The molecule has 0 unspecified atom stereocenters. The van der Waals surface area contributed by atoms with Crippen molar-refractivity contribution in [3.8, 4) is 0 Å². The lowest BCUT2D eigenvalue weighted by molar-refractivity contribution is 0.0854. The third-order valence-corrected chi connectivity index (χ3v) is 2.78. The van der Waals surface area contributed by atoms with Crippen molar-refractivity contribution in [2.75, 3.05) is 18.9 Å². The van der Waals surface area contributed by atoms with E-state index in [1.807, 2.05) is 6.07 Å². The SMILES string of the molecule is Nc1ncc(Cl)cc1C1CCOCC1. The highest BCUT2D eigenvalue weighted by Gasteiger charge is 2.18. The van der Waals surface area contributed by atoms with Gasteiger partial charge in [-0.3, -0.25) is 0 Å². The van der Waals surface area contributed by atoms with Crippen molar-refractivity contribution in [3.05, 3.63) is 22.8 Å². The highest BCUT2D eigenvalue weighted by molar-refractivity contribution is 6.30. The second-order valence-corrected chi connectivity index (χ2v) is 3.95. The molecule has 0 atom stereocenters. The van der Waals surface area contributed by atoms with Gasteiger partial charge in [0, 0.05) is 19.4 Å². The molecule has 14 heavy (non-hydrogen) atoms. The van der Waals surface area contributed by atoms with Gasteiger partial charge in [0.25, 0.3) is 0 Å². The largest absolute Gasteiger partial charge is 0.383 e. The molecule has 0 bridgehead atoms. The molecule has 0 aromatic carbocycles. The average molecular weight is 213 g/mol. The number of nitrogens with zero attached hydrogens (tertiary/aromatic N) is 1. The van der Waals surface area contributed by atoms with E-state index in [9.17, 15) is 0 Å². The molecule has 0 aliphatic carbocycles. The Bertz CT molecular complexity index is 324. The van der Waals surface area contributed by atoms with E-state index in [-0.39, 0.29) is 0 Å². The molecule has 4 heteroatoms. The van der Waals surface area contributed by atoms with Gasteiger partial charge in [0.2, 0.25) is 0 Å². The summed E-state index contributed by atoms with van der Waals surface area (Å²) >= 11 is 5.89. The number of ether oxygens (including phenoxy) is 1. The molecule has 0 amide bonds. The standard InChI is InChI=1S/C10H13ClN2O/c11-8-5-9(10(12)13-6-8)7-1-3-14-4-2-7/h5-7H,1-4H2,(H2,12,13). The molecule has 2 heterocycles. The van der Waals surface area contributed by atoms with Crippen LogP contribution in [0.3, 0.4) is 0 Å². The van der Waals surface area contributed by atoms with Crippen LogP contribution in [0, 0.1) is 0 Å². The minimum atomic E-state index is 0.454. The third kappa shape index (κ3) is 1.99. The average Bonchev–Trinajstić information content (AvgIpc) is 2.23. The number of aromatic nitrogens is 1. The van der Waals surface area contributed by atoms with Crippen molar-refractivity contribution in [2.24, 2.45) is 0 Å². The molecular formula is C10H13ClN2O. The topological polar surface area (TPSA) is 48.1 Å². The van der Waals surface area contributed by atoms with Crippen LogP contribution in [0.5, 0.6) is 0 Å². The minimum absolute atomic E-state index is 0.454. The fourth-order valence-corrected chi connectivity index (χ4v) is 1.97. The van der Waals surface area contributed by atoms with Gasteiger partial charge < -0.3 is 10.5 Å². The van der Waals surface area contributed by atoms with E-state index >= 15 is 0 Å². The van der Waals surface area contributed by atoms with Gasteiger partial charge in [0.1, 0.15) is 5.82 Å². The fourth-order valence-electron chi connectivity index (χ4n) is 1.80. The highest BCUT2D eigenvalue weighted by Crippen LogP contribution is 2.31. The van der Waals surface area contributed by atoms with Gasteiger partial charge in [-0.05, 0) is 30.4 Å². The van der Waals surface area contributed by atoms with Crippen molar-refractivity contribution < 1.29 is 4.74 Å². The Labute approximate surface area is 88.2 Å². The summed E-state index contributed by atoms with van der Waals surface area (Å²) in [6.45, 7) is 1.60. The number of anilines is 1. The number of nitrogens with two attached hydrogens (primary N) is 1. The molecule has 1 aliphatic rings. The summed E-state index contributed by atoms with van der Waals surface area (Å²) in [6.07, 6.45) is 3.60. The summed E-state index contributed by atoms with van der Waals surface area (Å²) in [6, 6.07) is 1.92. The fraction of sp³-hybridized carbons (Fsp3) is 0.500. The molecule has 3 nitrogen and oxygen atoms in total. The van der Waals surface area contributed by atoms with E-state index in [0.717, 1.165) is 31.6 Å². The zero-order valence-electron chi connectivity index (χ0n) is 7.87. The number of hydrogen-bond acceptors (Lipinski definition) is 3.